The number of rotatable bonds is 2. The van der Waals surface area contributed by atoms with E-state index in [2.05, 4.69) is 4.98 Å². The van der Waals surface area contributed by atoms with Crippen LogP contribution >= 0.6 is 11.8 Å². The number of aliphatic hydroxyl groups is 1. The van der Waals surface area contributed by atoms with Gasteiger partial charge in [0, 0.05) is 11.1 Å². The van der Waals surface area contributed by atoms with E-state index in [1.54, 1.807) is 0 Å². The molecule has 0 radical (unpaired) electrons. The summed E-state index contributed by atoms with van der Waals surface area (Å²) in [4.78, 5) is 3.63. The number of hydrogen-bond donors (Lipinski definition) is 1. The molecule has 2 nitrogen and oxygen atoms in total. The van der Waals surface area contributed by atoms with Crippen LogP contribution in [0.25, 0.3) is 0 Å². The van der Waals surface area contributed by atoms with E-state index < -0.39 is 11.6 Å². The fraction of sp³-hybridized carbons (Fsp3) is 0.375. The van der Waals surface area contributed by atoms with E-state index in [0.717, 1.165) is 0 Å². The molecule has 6 heteroatoms. The number of pyridine rings is 1. The van der Waals surface area contributed by atoms with E-state index in [1.807, 2.05) is 0 Å². The van der Waals surface area contributed by atoms with Gasteiger partial charge in [0.05, 0.1) is 11.8 Å². The minimum atomic E-state index is -4.35. The summed E-state index contributed by atoms with van der Waals surface area (Å²) in [6.07, 6.45) is 0.351. The molecule has 0 saturated carbocycles. The van der Waals surface area contributed by atoms with Crippen molar-refractivity contribution < 1.29 is 18.3 Å². The Morgan fingerprint density at radius 2 is 2.14 bits per heavy atom. The smallest absolute Gasteiger partial charge is 0.387 e. The monoisotopic (exact) mass is 223 g/mol. The SMILES string of the molecule is CC(O)c1ncccc1SC(F)(F)F. The predicted molar refractivity (Wildman–Crippen MR) is 46.8 cm³/mol. The Bertz CT molecular complexity index is 314. The van der Waals surface area contributed by atoms with Crippen molar-refractivity contribution in [2.24, 2.45) is 0 Å². The van der Waals surface area contributed by atoms with Crippen molar-refractivity contribution in [2.75, 3.05) is 0 Å². The van der Waals surface area contributed by atoms with Gasteiger partial charge >= 0.3 is 5.51 Å². The molecule has 14 heavy (non-hydrogen) atoms. The summed E-state index contributed by atoms with van der Waals surface area (Å²) in [5.74, 6) is 0. The number of hydrogen-bond acceptors (Lipinski definition) is 3. The van der Waals surface area contributed by atoms with Crippen molar-refractivity contribution in [3.05, 3.63) is 24.0 Å². The molecule has 78 valence electrons. The van der Waals surface area contributed by atoms with Crippen LogP contribution in [0.5, 0.6) is 0 Å². The molecule has 0 amide bonds. The summed E-state index contributed by atoms with van der Waals surface area (Å²) in [5.41, 5.74) is -4.30. The van der Waals surface area contributed by atoms with Gasteiger partial charge in [0.1, 0.15) is 0 Å². The molecular weight excluding hydrogens is 215 g/mol. The molecule has 1 N–H and O–H groups in total. The van der Waals surface area contributed by atoms with Crippen molar-refractivity contribution >= 4 is 11.8 Å². The quantitative estimate of drug-likeness (QED) is 0.782. The number of alkyl halides is 3. The molecule has 1 unspecified atom stereocenters. The van der Waals surface area contributed by atoms with Crippen LogP contribution in [0.4, 0.5) is 13.2 Å². The number of nitrogens with zero attached hydrogens (tertiary/aromatic N) is 1. The van der Waals surface area contributed by atoms with Crippen LogP contribution in [0, 0.1) is 0 Å². The van der Waals surface area contributed by atoms with Gasteiger partial charge < -0.3 is 5.11 Å². The van der Waals surface area contributed by atoms with Gasteiger partial charge in [0.25, 0.3) is 0 Å². The van der Waals surface area contributed by atoms with Crippen LogP contribution in [0.1, 0.15) is 18.7 Å². The second-order valence-corrected chi connectivity index (χ2v) is 3.72. The molecular formula is C8H8F3NOS. The van der Waals surface area contributed by atoms with Crippen LogP contribution in [-0.4, -0.2) is 15.6 Å². The molecule has 0 spiro atoms. The Morgan fingerprint density at radius 3 is 2.64 bits per heavy atom. The molecule has 1 aromatic rings. The summed E-state index contributed by atoms with van der Waals surface area (Å²) in [5, 5.41) is 9.16. The zero-order chi connectivity index (χ0) is 10.8. The van der Waals surface area contributed by atoms with Gasteiger partial charge in [0.15, 0.2) is 0 Å². The van der Waals surface area contributed by atoms with Crippen molar-refractivity contribution in [1.82, 2.24) is 4.98 Å². The predicted octanol–water partition coefficient (Wildman–Crippen LogP) is 2.75. The van der Waals surface area contributed by atoms with E-state index >= 15 is 0 Å². The van der Waals surface area contributed by atoms with E-state index in [0.29, 0.717) is 0 Å². The molecule has 0 aromatic carbocycles. The number of thioether (sulfide) groups is 1. The van der Waals surface area contributed by atoms with Crippen LogP contribution in [-0.2, 0) is 0 Å². The fourth-order valence-corrected chi connectivity index (χ4v) is 1.65. The maximum atomic E-state index is 12.0. The third kappa shape index (κ3) is 3.19. The molecule has 0 fully saturated rings. The third-order valence-electron chi connectivity index (χ3n) is 1.42. The molecule has 0 bridgehead atoms. The molecule has 1 aromatic heterocycles. The minimum Gasteiger partial charge on any atom is -0.387 e. The average Bonchev–Trinajstić information content (AvgIpc) is 2.01. The molecule has 1 atom stereocenters. The highest BCUT2D eigenvalue weighted by Gasteiger charge is 2.31. The highest BCUT2D eigenvalue weighted by Crippen LogP contribution is 2.39. The van der Waals surface area contributed by atoms with E-state index in [4.69, 9.17) is 5.11 Å². The summed E-state index contributed by atoms with van der Waals surface area (Å²) in [6.45, 7) is 1.38. The van der Waals surface area contributed by atoms with Gasteiger partial charge in [-0.1, -0.05) is 0 Å². The van der Waals surface area contributed by atoms with Gasteiger partial charge in [-0.15, -0.1) is 0 Å². The third-order valence-corrected chi connectivity index (χ3v) is 2.22. The second-order valence-electron chi connectivity index (χ2n) is 2.61. The first-order chi connectivity index (χ1) is 6.40. The number of halogens is 3. The molecule has 0 aliphatic carbocycles. The average molecular weight is 223 g/mol. The fourth-order valence-electron chi connectivity index (χ4n) is 0.927. The van der Waals surface area contributed by atoms with Gasteiger partial charge in [-0.05, 0) is 30.8 Å². The van der Waals surface area contributed by atoms with Crippen molar-refractivity contribution in [1.29, 1.82) is 0 Å². The van der Waals surface area contributed by atoms with Crippen LogP contribution < -0.4 is 0 Å². The van der Waals surface area contributed by atoms with E-state index in [9.17, 15) is 13.2 Å². The Balaban J connectivity index is 2.96. The zero-order valence-electron chi connectivity index (χ0n) is 7.25. The number of aliphatic hydroxyl groups excluding tert-OH is 1. The van der Waals surface area contributed by atoms with Gasteiger partial charge in [-0.25, -0.2) is 0 Å². The minimum absolute atomic E-state index is 0.0508. The van der Waals surface area contributed by atoms with Gasteiger partial charge in [0.2, 0.25) is 0 Å². The summed E-state index contributed by atoms with van der Waals surface area (Å²) < 4.78 is 36.1. The molecule has 1 rings (SSSR count). The highest BCUT2D eigenvalue weighted by atomic mass is 32.2. The lowest BCUT2D eigenvalue weighted by atomic mass is 10.2. The summed E-state index contributed by atoms with van der Waals surface area (Å²) in [6, 6.07) is 2.69. The standard InChI is InChI=1S/C8H8F3NOS/c1-5(13)7-6(3-2-4-12-7)14-8(9,10)11/h2-5,13H,1H3. The largest absolute Gasteiger partial charge is 0.446 e. The van der Waals surface area contributed by atoms with E-state index in [1.165, 1.54) is 25.3 Å². The molecule has 1 heterocycles. The summed E-state index contributed by atoms with van der Waals surface area (Å²) >= 11 is -0.267. The molecule has 0 aliphatic heterocycles. The zero-order valence-corrected chi connectivity index (χ0v) is 8.06. The topological polar surface area (TPSA) is 33.1 Å². The van der Waals surface area contributed by atoms with Crippen molar-refractivity contribution in [3.63, 3.8) is 0 Å². The Kier molecular flexibility index (Phi) is 3.38. The Hall–Kier alpha value is -0.750. The highest BCUT2D eigenvalue weighted by molar-refractivity contribution is 8.00. The lowest BCUT2D eigenvalue weighted by Gasteiger charge is -2.11. The van der Waals surface area contributed by atoms with Crippen molar-refractivity contribution in [2.45, 2.75) is 23.4 Å². The Morgan fingerprint density at radius 1 is 1.50 bits per heavy atom. The normalized spacial score (nSPS) is 14.1. The van der Waals surface area contributed by atoms with Crippen molar-refractivity contribution in [3.8, 4) is 0 Å². The van der Waals surface area contributed by atoms with Gasteiger partial charge in [-0.3, -0.25) is 4.98 Å². The first-order valence-electron chi connectivity index (χ1n) is 3.79. The molecule has 0 aliphatic rings. The van der Waals surface area contributed by atoms with Crippen LogP contribution in [0.15, 0.2) is 23.2 Å². The lowest BCUT2D eigenvalue weighted by Crippen LogP contribution is -2.04. The maximum Gasteiger partial charge on any atom is 0.446 e. The van der Waals surface area contributed by atoms with Crippen LogP contribution in [0.2, 0.25) is 0 Å². The second kappa shape index (κ2) is 4.18. The molecule has 0 saturated heterocycles. The number of aromatic nitrogens is 1. The maximum absolute atomic E-state index is 12.0. The van der Waals surface area contributed by atoms with Crippen LogP contribution in [0.3, 0.4) is 0 Å². The lowest BCUT2D eigenvalue weighted by molar-refractivity contribution is -0.0328. The Labute approximate surface area is 83.2 Å². The van der Waals surface area contributed by atoms with Gasteiger partial charge in [-0.2, -0.15) is 13.2 Å². The summed E-state index contributed by atoms with van der Waals surface area (Å²) in [7, 11) is 0. The first kappa shape index (κ1) is 11.3. The first-order valence-corrected chi connectivity index (χ1v) is 4.60. The van der Waals surface area contributed by atoms with E-state index in [-0.39, 0.29) is 22.4 Å².